The van der Waals surface area contributed by atoms with Crippen molar-refractivity contribution in [3.8, 4) is 5.75 Å². The number of rotatable bonds is 8. The number of benzene rings is 1. The first-order valence-electron chi connectivity index (χ1n) is 7.10. The molecule has 1 unspecified atom stereocenters. The summed E-state index contributed by atoms with van der Waals surface area (Å²) in [5.74, 6) is 0.358. The predicted octanol–water partition coefficient (Wildman–Crippen LogP) is 2.49. The van der Waals surface area contributed by atoms with Crippen LogP contribution in [-0.4, -0.2) is 30.4 Å². The predicted molar refractivity (Wildman–Crippen MR) is 78.8 cm³/mol. The Morgan fingerprint density at radius 3 is 2.59 bits per heavy atom. The Labute approximate surface area is 128 Å². The molecule has 0 bridgehead atoms. The third-order valence-electron chi connectivity index (χ3n) is 2.94. The lowest BCUT2D eigenvalue weighted by atomic mass is 10.0. The minimum Gasteiger partial charge on any atom is -0.434 e. The van der Waals surface area contributed by atoms with E-state index in [-0.39, 0.29) is 24.9 Å². The second-order valence-electron chi connectivity index (χ2n) is 5.32. The maximum atomic E-state index is 12.3. The first-order chi connectivity index (χ1) is 10.4. The molecule has 1 aromatic rings. The molecular weight excluding hydrogens is 294 g/mol. The van der Waals surface area contributed by atoms with Gasteiger partial charge in [0.15, 0.2) is 0 Å². The Morgan fingerprint density at radius 2 is 2.00 bits per heavy atom. The van der Waals surface area contributed by atoms with Crippen molar-refractivity contribution in [2.75, 3.05) is 6.61 Å². The van der Waals surface area contributed by atoms with Crippen molar-refractivity contribution in [2.45, 2.75) is 39.5 Å². The SMILES string of the molecule is CC(C)CC(CO)NC(=O)NCc1ccccc1OC(F)F. The van der Waals surface area contributed by atoms with Crippen molar-refractivity contribution in [1.29, 1.82) is 0 Å². The summed E-state index contributed by atoms with van der Waals surface area (Å²) in [6.45, 7) is 0.950. The molecule has 0 aliphatic heterocycles. The van der Waals surface area contributed by atoms with Crippen LogP contribution in [0.5, 0.6) is 5.75 Å². The molecule has 2 amide bonds. The Morgan fingerprint density at radius 1 is 1.32 bits per heavy atom. The van der Waals surface area contributed by atoms with Crippen LogP contribution in [0, 0.1) is 5.92 Å². The zero-order valence-corrected chi connectivity index (χ0v) is 12.7. The second-order valence-corrected chi connectivity index (χ2v) is 5.32. The topological polar surface area (TPSA) is 70.6 Å². The summed E-state index contributed by atoms with van der Waals surface area (Å²) in [6.07, 6.45) is 0.648. The van der Waals surface area contributed by atoms with Gasteiger partial charge in [-0.05, 0) is 18.4 Å². The highest BCUT2D eigenvalue weighted by Gasteiger charge is 2.14. The molecule has 1 rings (SSSR count). The largest absolute Gasteiger partial charge is 0.434 e. The highest BCUT2D eigenvalue weighted by Crippen LogP contribution is 2.19. The van der Waals surface area contributed by atoms with Gasteiger partial charge >= 0.3 is 12.6 Å². The van der Waals surface area contributed by atoms with Gasteiger partial charge in [-0.25, -0.2) is 4.79 Å². The Balaban J connectivity index is 2.53. The van der Waals surface area contributed by atoms with Crippen molar-refractivity contribution in [1.82, 2.24) is 10.6 Å². The summed E-state index contributed by atoms with van der Waals surface area (Å²) in [7, 11) is 0. The average Bonchev–Trinajstić information content (AvgIpc) is 2.44. The fourth-order valence-corrected chi connectivity index (χ4v) is 2.02. The average molecular weight is 316 g/mol. The van der Waals surface area contributed by atoms with E-state index >= 15 is 0 Å². The first-order valence-corrected chi connectivity index (χ1v) is 7.10. The molecule has 1 aromatic carbocycles. The summed E-state index contributed by atoms with van der Waals surface area (Å²) in [5, 5.41) is 14.4. The van der Waals surface area contributed by atoms with E-state index in [0.29, 0.717) is 17.9 Å². The van der Waals surface area contributed by atoms with Crippen LogP contribution in [0.2, 0.25) is 0 Å². The molecule has 0 fully saturated rings. The van der Waals surface area contributed by atoms with Gasteiger partial charge in [0.25, 0.3) is 0 Å². The van der Waals surface area contributed by atoms with Crippen molar-refractivity contribution in [3.63, 3.8) is 0 Å². The Kier molecular flexibility index (Phi) is 7.59. The van der Waals surface area contributed by atoms with Crippen LogP contribution >= 0.6 is 0 Å². The monoisotopic (exact) mass is 316 g/mol. The number of carbonyl (C=O) groups is 1. The lowest BCUT2D eigenvalue weighted by molar-refractivity contribution is -0.0504. The van der Waals surface area contributed by atoms with E-state index in [9.17, 15) is 18.7 Å². The first kappa shape index (κ1) is 18.2. The number of nitrogens with one attached hydrogen (secondary N) is 2. The van der Waals surface area contributed by atoms with Gasteiger partial charge in [-0.3, -0.25) is 0 Å². The Hall–Kier alpha value is -1.89. The maximum absolute atomic E-state index is 12.3. The number of aliphatic hydroxyl groups excluding tert-OH is 1. The molecular formula is C15H22F2N2O3. The number of aliphatic hydroxyl groups is 1. The number of para-hydroxylation sites is 1. The number of ether oxygens (including phenoxy) is 1. The fourth-order valence-electron chi connectivity index (χ4n) is 2.02. The zero-order valence-electron chi connectivity index (χ0n) is 12.7. The van der Waals surface area contributed by atoms with E-state index in [1.165, 1.54) is 6.07 Å². The normalized spacial score (nSPS) is 12.3. The van der Waals surface area contributed by atoms with Gasteiger partial charge in [-0.15, -0.1) is 0 Å². The van der Waals surface area contributed by atoms with Crippen LogP contribution in [0.25, 0.3) is 0 Å². The van der Waals surface area contributed by atoms with E-state index in [2.05, 4.69) is 15.4 Å². The van der Waals surface area contributed by atoms with E-state index < -0.39 is 12.6 Å². The summed E-state index contributed by atoms with van der Waals surface area (Å²) >= 11 is 0. The second kappa shape index (κ2) is 9.19. The van der Waals surface area contributed by atoms with Gasteiger partial charge in [0.05, 0.1) is 12.6 Å². The van der Waals surface area contributed by atoms with Crippen LogP contribution in [0.4, 0.5) is 13.6 Å². The molecule has 0 aliphatic rings. The number of alkyl halides is 2. The molecule has 3 N–H and O–H groups in total. The molecule has 0 aromatic heterocycles. The minimum absolute atomic E-state index is 0.0266. The number of hydrogen-bond acceptors (Lipinski definition) is 3. The third-order valence-corrected chi connectivity index (χ3v) is 2.94. The summed E-state index contributed by atoms with van der Waals surface area (Å²) in [6, 6.07) is 5.44. The summed E-state index contributed by atoms with van der Waals surface area (Å²) in [5.41, 5.74) is 0.447. The number of amides is 2. The van der Waals surface area contributed by atoms with Crippen LogP contribution in [0.15, 0.2) is 24.3 Å². The standard InChI is InChI=1S/C15H22F2N2O3/c1-10(2)7-12(9-20)19-15(21)18-8-11-5-3-4-6-13(11)22-14(16)17/h3-6,10,12,14,20H,7-9H2,1-2H3,(H2,18,19,21). The van der Waals surface area contributed by atoms with Crippen molar-refractivity contribution < 1.29 is 23.4 Å². The van der Waals surface area contributed by atoms with Crippen molar-refractivity contribution in [3.05, 3.63) is 29.8 Å². The number of hydrogen-bond donors (Lipinski definition) is 3. The lowest BCUT2D eigenvalue weighted by Gasteiger charge is -2.19. The van der Waals surface area contributed by atoms with Crippen LogP contribution in [0.3, 0.4) is 0 Å². The zero-order chi connectivity index (χ0) is 16.5. The third kappa shape index (κ3) is 6.71. The number of carbonyl (C=O) groups excluding carboxylic acids is 1. The van der Waals surface area contributed by atoms with Gasteiger partial charge in [-0.2, -0.15) is 8.78 Å². The number of urea groups is 1. The molecule has 0 saturated heterocycles. The van der Waals surface area contributed by atoms with Gasteiger partial charge < -0.3 is 20.5 Å². The molecule has 0 saturated carbocycles. The molecule has 124 valence electrons. The van der Waals surface area contributed by atoms with Crippen molar-refractivity contribution in [2.24, 2.45) is 5.92 Å². The molecule has 0 spiro atoms. The van der Waals surface area contributed by atoms with Crippen LogP contribution in [-0.2, 0) is 6.54 Å². The molecule has 1 atom stereocenters. The van der Waals surface area contributed by atoms with Gasteiger partial charge in [0.2, 0.25) is 0 Å². The summed E-state index contributed by atoms with van der Waals surface area (Å²) in [4.78, 5) is 11.8. The Bertz CT molecular complexity index is 470. The van der Waals surface area contributed by atoms with Gasteiger partial charge in [0.1, 0.15) is 5.75 Å². The van der Waals surface area contributed by atoms with E-state index in [1.54, 1.807) is 18.2 Å². The highest BCUT2D eigenvalue weighted by molar-refractivity contribution is 5.74. The maximum Gasteiger partial charge on any atom is 0.387 e. The van der Waals surface area contributed by atoms with E-state index in [1.807, 2.05) is 13.8 Å². The van der Waals surface area contributed by atoms with Crippen molar-refractivity contribution >= 4 is 6.03 Å². The highest BCUT2D eigenvalue weighted by atomic mass is 19.3. The summed E-state index contributed by atoms with van der Waals surface area (Å²) < 4.78 is 29.0. The van der Waals surface area contributed by atoms with Gasteiger partial charge in [-0.1, -0.05) is 32.0 Å². The fraction of sp³-hybridized carbons (Fsp3) is 0.533. The van der Waals surface area contributed by atoms with E-state index in [0.717, 1.165) is 0 Å². The molecule has 0 heterocycles. The molecule has 0 aliphatic carbocycles. The number of halogens is 2. The molecule has 7 heteroatoms. The van der Waals surface area contributed by atoms with E-state index in [4.69, 9.17) is 0 Å². The minimum atomic E-state index is -2.92. The molecule has 5 nitrogen and oxygen atoms in total. The van der Waals surface area contributed by atoms with Crippen LogP contribution in [0.1, 0.15) is 25.8 Å². The lowest BCUT2D eigenvalue weighted by Crippen LogP contribution is -2.44. The molecule has 0 radical (unpaired) electrons. The van der Waals surface area contributed by atoms with Gasteiger partial charge in [0, 0.05) is 12.1 Å². The molecule has 22 heavy (non-hydrogen) atoms. The van der Waals surface area contributed by atoms with Crippen LogP contribution < -0.4 is 15.4 Å². The quantitative estimate of drug-likeness (QED) is 0.690. The smallest absolute Gasteiger partial charge is 0.387 e.